The summed E-state index contributed by atoms with van der Waals surface area (Å²) in [6.07, 6.45) is 0. The van der Waals surface area contributed by atoms with Gasteiger partial charge in [-0.25, -0.2) is 8.78 Å². The molecular weight excluding hydrogens is 1280 g/mol. The Hall–Kier alpha value is -13.8. The maximum atomic E-state index is 13.7. The third-order valence-electron chi connectivity index (χ3n) is 19.5. The number of benzene rings is 16. The van der Waals surface area contributed by atoms with Crippen molar-refractivity contribution in [2.45, 2.75) is 0 Å². The van der Waals surface area contributed by atoms with Crippen LogP contribution in [0.4, 0.5) is 42.9 Å². The fourth-order valence-electron chi connectivity index (χ4n) is 14.7. The normalized spacial score (nSPS) is 12.9. The van der Waals surface area contributed by atoms with Gasteiger partial charge in [-0.1, -0.05) is 218 Å². The number of hydrogen-bond acceptors (Lipinski definition) is 4. The van der Waals surface area contributed by atoms with Gasteiger partial charge in [0.25, 0.3) is 0 Å². The third-order valence-corrected chi connectivity index (χ3v) is 19.5. The van der Waals surface area contributed by atoms with E-state index in [4.69, 9.17) is 22.5 Å². The van der Waals surface area contributed by atoms with Crippen molar-refractivity contribution in [1.82, 2.24) is 9.13 Å². The highest BCUT2D eigenvalue weighted by Gasteiger charge is 2.23. The van der Waals surface area contributed by atoms with Crippen LogP contribution < -0.4 is 9.80 Å². The molecule has 492 valence electrons. The van der Waals surface area contributed by atoms with Crippen molar-refractivity contribution in [3.05, 3.63) is 388 Å². The van der Waals surface area contributed by atoms with E-state index in [0.29, 0.717) is 33.7 Å². The molecule has 0 atom stereocenters. The predicted molar refractivity (Wildman–Crippen MR) is 427 cm³/mol. The van der Waals surface area contributed by atoms with Gasteiger partial charge in [-0.3, -0.25) is 0 Å². The van der Waals surface area contributed by atoms with E-state index >= 15 is 0 Å². The summed E-state index contributed by atoms with van der Waals surface area (Å²) in [5, 5.41) is 8.66. The van der Waals surface area contributed by atoms with Crippen molar-refractivity contribution in [3.8, 4) is 55.9 Å². The third kappa shape index (κ3) is 10.9. The lowest BCUT2D eigenvalue weighted by atomic mass is 10.0. The Balaban J connectivity index is 0.000000154. The summed E-state index contributed by atoms with van der Waals surface area (Å²) < 4.78 is 128. The van der Waals surface area contributed by atoms with Crippen LogP contribution in [0.5, 0.6) is 0 Å². The van der Waals surface area contributed by atoms with Crippen LogP contribution in [-0.4, -0.2) is 9.13 Å². The fourth-order valence-corrected chi connectivity index (χ4v) is 14.7. The Morgan fingerprint density at radius 3 is 0.837 bits per heavy atom. The van der Waals surface area contributed by atoms with Gasteiger partial charge in [-0.2, -0.15) is 0 Å². The van der Waals surface area contributed by atoms with Crippen molar-refractivity contribution in [2.24, 2.45) is 0 Å². The molecule has 0 amide bonds. The average Bonchev–Trinajstić information content (AvgIpc) is 1.57. The highest BCUT2D eigenvalue weighted by Crippen LogP contribution is 2.46. The van der Waals surface area contributed by atoms with E-state index in [1.54, 1.807) is 48.5 Å². The Kier molecular flexibility index (Phi) is 12.7. The highest BCUT2D eigenvalue weighted by molar-refractivity contribution is 6.17. The number of nitrogens with zero attached hydrogens (tertiary/aromatic N) is 4. The molecule has 0 unspecified atom stereocenters. The van der Waals surface area contributed by atoms with Crippen LogP contribution in [0.1, 0.15) is 13.7 Å². The van der Waals surface area contributed by atoms with Crippen LogP contribution in [0.15, 0.2) is 385 Å². The molecule has 16 aromatic carbocycles. The first-order valence-corrected chi connectivity index (χ1v) is 34.1. The molecule has 0 spiro atoms. The number of halogens is 2. The number of aromatic nitrogens is 2. The van der Waals surface area contributed by atoms with Crippen LogP contribution in [0.3, 0.4) is 0 Å². The van der Waals surface area contributed by atoms with E-state index in [2.05, 4.69) is 172 Å². The van der Waals surface area contributed by atoms with E-state index in [0.717, 1.165) is 122 Å². The summed E-state index contributed by atoms with van der Waals surface area (Å²) in [5.41, 5.74) is 19.3. The lowest BCUT2D eigenvalue weighted by molar-refractivity contribution is 0.627. The van der Waals surface area contributed by atoms with E-state index < -0.39 is 36.3 Å². The van der Waals surface area contributed by atoms with Crippen LogP contribution in [-0.2, 0) is 0 Å². The lowest BCUT2D eigenvalue weighted by Crippen LogP contribution is -2.09. The van der Waals surface area contributed by atoms with Gasteiger partial charge in [0.15, 0.2) is 0 Å². The topological polar surface area (TPSA) is 42.6 Å². The molecule has 6 nitrogen and oxygen atoms in total. The summed E-state index contributed by atoms with van der Waals surface area (Å²) in [4.78, 5) is 4.17. The fraction of sp³-hybridized carbons (Fsp3) is 0. The summed E-state index contributed by atoms with van der Waals surface area (Å²) in [7, 11) is 0. The second-order valence-electron chi connectivity index (χ2n) is 25.5. The zero-order valence-corrected chi connectivity index (χ0v) is 55.4. The zero-order chi connectivity index (χ0) is 77.9. The Bertz CT molecular complexity index is 6880. The quantitative estimate of drug-likeness (QED) is 0.122. The smallest absolute Gasteiger partial charge is 0.137 e. The molecule has 4 heterocycles. The first kappa shape index (κ1) is 51.4. The van der Waals surface area contributed by atoms with Crippen LogP contribution >= 0.6 is 0 Å². The van der Waals surface area contributed by atoms with Gasteiger partial charge < -0.3 is 27.8 Å². The molecule has 0 aliphatic carbocycles. The number of para-hydroxylation sites is 4. The molecule has 0 aliphatic rings. The molecule has 0 saturated carbocycles. The second kappa shape index (κ2) is 25.7. The van der Waals surface area contributed by atoms with E-state index in [1.807, 2.05) is 89.8 Å². The molecular formula is C96H62F2N4O2. The average molecular weight is 1350 g/mol. The molecule has 0 bridgehead atoms. The van der Waals surface area contributed by atoms with Crippen molar-refractivity contribution >= 4 is 122 Å². The maximum absolute atomic E-state index is 13.7. The van der Waals surface area contributed by atoms with Gasteiger partial charge >= 0.3 is 0 Å². The second-order valence-corrected chi connectivity index (χ2v) is 25.5. The highest BCUT2D eigenvalue weighted by atomic mass is 19.1. The number of hydrogen-bond donors (Lipinski definition) is 0. The minimum absolute atomic E-state index is 0.0924. The Labute approximate surface area is 612 Å². The number of fused-ring (bicyclic) bond motifs is 12. The van der Waals surface area contributed by atoms with Gasteiger partial charge in [-0.05, 0) is 190 Å². The number of rotatable bonds is 12. The first-order chi connectivity index (χ1) is 55.5. The van der Waals surface area contributed by atoms with Gasteiger partial charge in [0.2, 0.25) is 0 Å². The van der Waals surface area contributed by atoms with Crippen molar-refractivity contribution in [2.75, 3.05) is 9.80 Å². The van der Waals surface area contributed by atoms with Gasteiger partial charge in [-0.15, -0.1) is 0 Å². The summed E-state index contributed by atoms with van der Waals surface area (Å²) in [6, 6.07) is 98.4. The minimum atomic E-state index is -0.461. The molecule has 20 aromatic rings. The van der Waals surface area contributed by atoms with Crippen LogP contribution in [0.25, 0.3) is 143 Å². The van der Waals surface area contributed by atoms with Crippen molar-refractivity contribution in [1.29, 1.82) is 0 Å². The molecule has 0 fully saturated rings. The van der Waals surface area contributed by atoms with E-state index in [-0.39, 0.29) is 46.9 Å². The SMILES string of the molecule is Fc1ccc(-c2ccc(N(c3ccc(-c4ccc(F)cc4)cc3)c3ccc4c(c3)oc3cccc(-n5c6ccccc6c6ccccc65)c34)cc2)cc1.[2H]c1c([2H])c([2H])c(-c2ccc(N(c3ccc(-c4c([2H])c([2H])c([2H])c([2H])c4[2H])cc3)c3ccc4c(c3)oc3cccc(-n5c6ccccc6c6ccccc65)c34)cc2)c([2H])c1[2H]. The summed E-state index contributed by atoms with van der Waals surface area (Å²) in [6.45, 7) is 0. The molecule has 104 heavy (non-hydrogen) atoms. The van der Waals surface area contributed by atoms with Crippen LogP contribution in [0.2, 0.25) is 0 Å². The largest absolute Gasteiger partial charge is 0.456 e. The molecule has 0 N–H and O–H groups in total. The predicted octanol–water partition coefficient (Wildman–Crippen LogP) is 27.3. The van der Waals surface area contributed by atoms with Crippen LogP contribution in [0, 0.1) is 11.6 Å². The van der Waals surface area contributed by atoms with E-state index in [9.17, 15) is 8.78 Å². The molecule has 20 rings (SSSR count). The van der Waals surface area contributed by atoms with E-state index in [1.165, 1.54) is 35.0 Å². The maximum Gasteiger partial charge on any atom is 0.137 e. The summed E-state index contributed by atoms with van der Waals surface area (Å²) in [5.74, 6) is -0.521. The molecule has 8 heteroatoms. The lowest BCUT2D eigenvalue weighted by Gasteiger charge is -2.26. The first-order valence-electron chi connectivity index (χ1n) is 39.1. The molecule has 4 aromatic heterocycles. The number of anilines is 6. The van der Waals surface area contributed by atoms with Gasteiger partial charge in [0.1, 0.15) is 34.0 Å². The van der Waals surface area contributed by atoms with Gasteiger partial charge in [0.05, 0.1) is 57.9 Å². The minimum Gasteiger partial charge on any atom is -0.456 e. The Morgan fingerprint density at radius 1 is 0.240 bits per heavy atom. The number of furan rings is 2. The monoisotopic (exact) mass is 1350 g/mol. The molecule has 0 aliphatic heterocycles. The van der Waals surface area contributed by atoms with Gasteiger partial charge in [0, 0.05) is 78.6 Å². The van der Waals surface area contributed by atoms with Crippen molar-refractivity contribution < 1.29 is 31.3 Å². The van der Waals surface area contributed by atoms with Crippen molar-refractivity contribution in [3.63, 3.8) is 0 Å². The molecule has 0 radical (unpaired) electrons. The molecule has 0 saturated heterocycles. The zero-order valence-electron chi connectivity index (χ0n) is 65.4. The standard InChI is InChI=1S/C48H30F2N2O.C48H32N2O/c49-35-20-12-31(13-21-35)33-16-24-37(25-17-33)51(38-26-18-34(19-27-38)32-14-22-36(50)23-15-32)39-28-29-42-47(30-39)53-46-11-5-10-45(48(42)46)52-43-8-3-1-6-40(43)41-7-2-4-9-44(41)52;1-3-12-33(13-4-1)35-22-26-37(27-23-35)49(38-28-24-36(25-29-38)34-14-5-2-6-15-34)39-30-31-42-47(32-39)51-46-21-11-20-45(48(42)46)50-43-18-9-7-16-40(43)41-17-8-10-19-44(41)50/h1-30H;1-32H/i;1D,2D,3D,4D,5D,6D,12D,13D,14D,15D. The summed E-state index contributed by atoms with van der Waals surface area (Å²) >= 11 is 0. The Morgan fingerprint density at radius 2 is 0.519 bits per heavy atom.